The third-order valence-electron chi connectivity index (χ3n) is 3.29. The number of esters is 1. The van der Waals surface area contributed by atoms with Gasteiger partial charge in [-0.05, 0) is 48.6 Å². The van der Waals surface area contributed by atoms with Gasteiger partial charge in [-0.1, -0.05) is 18.2 Å². The van der Waals surface area contributed by atoms with Gasteiger partial charge in [0.15, 0.2) is 0 Å². The molecule has 0 fully saturated rings. The van der Waals surface area contributed by atoms with Crippen LogP contribution in [-0.2, 0) is 16.0 Å². The number of hydrogen-bond donors (Lipinski definition) is 1. The SMILES string of the molecule is CCOC(=O)CC(Cc1ccc(O)cc1)c1cccnc1. The molecule has 0 aliphatic carbocycles. The maximum absolute atomic E-state index is 11.8. The van der Waals surface area contributed by atoms with Crippen LogP contribution in [0.3, 0.4) is 0 Å². The second kappa shape index (κ2) is 7.43. The number of phenols is 1. The number of hydrogen-bond acceptors (Lipinski definition) is 4. The molecule has 1 N–H and O–H groups in total. The number of ether oxygens (including phenoxy) is 1. The molecule has 4 nitrogen and oxygen atoms in total. The third kappa shape index (κ3) is 4.60. The van der Waals surface area contributed by atoms with Crippen molar-refractivity contribution >= 4 is 5.97 Å². The first-order chi connectivity index (χ1) is 10.2. The minimum absolute atomic E-state index is 0.0160. The predicted octanol–water partition coefficient (Wildman–Crippen LogP) is 3.07. The van der Waals surface area contributed by atoms with Crippen molar-refractivity contribution < 1.29 is 14.6 Å². The van der Waals surface area contributed by atoms with Crippen molar-refractivity contribution in [3.05, 3.63) is 59.9 Å². The lowest BCUT2D eigenvalue weighted by atomic mass is 9.90. The molecule has 0 aliphatic heterocycles. The van der Waals surface area contributed by atoms with Crippen molar-refractivity contribution in [1.29, 1.82) is 0 Å². The van der Waals surface area contributed by atoms with Crippen molar-refractivity contribution in [2.24, 2.45) is 0 Å². The maximum Gasteiger partial charge on any atom is 0.306 e. The molecule has 0 amide bonds. The normalized spacial score (nSPS) is 11.9. The lowest BCUT2D eigenvalue weighted by Gasteiger charge is -2.16. The zero-order chi connectivity index (χ0) is 15.1. The first-order valence-corrected chi connectivity index (χ1v) is 7.02. The van der Waals surface area contributed by atoms with Gasteiger partial charge in [0.25, 0.3) is 0 Å². The Labute approximate surface area is 124 Å². The summed E-state index contributed by atoms with van der Waals surface area (Å²) in [6.45, 7) is 2.19. The molecule has 110 valence electrons. The van der Waals surface area contributed by atoms with Crippen LogP contribution in [0.4, 0.5) is 0 Å². The quantitative estimate of drug-likeness (QED) is 0.829. The second-order valence-corrected chi connectivity index (χ2v) is 4.86. The van der Waals surface area contributed by atoms with Gasteiger partial charge >= 0.3 is 5.97 Å². The van der Waals surface area contributed by atoms with Crippen LogP contribution in [-0.4, -0.2) is 22.7 Å². The number of aromatic hydroxyl groups is 1. The molecule has 21 heavy (non-hydrogen) atoms. The summed E-state index contributed by atoms with van der Waals surface area (Å²) in [6, 6.07) is 10.9. The van der Waals surface area contributed by atoms with Crippen LogP contribution in [0.15, 0.2) is 48.8 Å². The topological polar surface area (TPSA) is 59.4 Å². The maximum atomic E-state index is 11.8. The molecular weight excluding hydrogens is 266 g/mol. The summed E-state index contributed by atoms with van der Waals surface area (Å²) in [6.07, 6.45) is 4.51. The Morgan fingerprint density at radius 2 is 2.05 bits per heavy atom. The summed E-state index contributed by atoms with van der Waals surface area (Å²) in [5.74, 6) is 0.0505. The minimum atomic E-state index is -0.204. The van der Waals surface area contributed by atoms with Gasteiger partial charge in [-0.3, -0.25) is 9.78 Å². The minimum Gasteiger partial charge on any atom is -0.508 e. The Bertz CT molecular complexity index is 566. The Morgan fingerprint density at radius 3 is 2.67 bits per heavy atom. The summed E-state index contributed by atoms with van der Waals surface area (Å²) >= 11 is 0. The predicted molar refractivity (Wildman–Crippen MR) is 80.0 cm³/mol. The van der Waals surface area contributed by atoms with Crippen LogP contribution in [0.5, 0.6) is 5.75 Å². The number of rotatable bonds is 6. The monoisotopic (exact) mass is 285 g/mol. The highest BCUT2D eigenvalue weighted by Gasteiger charge is 2.17. The summed E-state index contributed by atoms with van der Waals surface area (Å²) in [4.78, 5) is 15.9. The number of aromatic nitrogens is 1. The number of pyridine rings is 1. The Hall–Kier alpha value is -2.36. The lowest BCUT2D eigenvalue weighted by Crippen LogP contribution is -2.12. The van der Waals surface area contributed by atoms with Gasteiger partial charge in [0, 0.05) is 12.4 Å². The van der Waals surface area contributed by atoms with E-state index in [9.17, 15) is 9.90 Å². The molecule has 1 atom stereocenters. The molecule has 1 aromatic heterocycles. The molecule has 2 aromatic rings. The van der Waals surface area contributed by atoms with Crippen LogP contribution >= 0.6 is 0 Å². The Kier molecular flexibility index (Phi) is 5.32. The van der Waals surface area contributed by atoms with Gasteiger partial charge in [-0.25, -0.2) is 0 Å². The first-order valence-electron chi connectivity index (χ1n) is 7.02. The fourth-order valence-electron chi connectivity index (χ4n) is 2.26. The fraction of sp³-hybridized carbons (Fsp3) is 0.294. The summed E-state index contributed by atoms with van der Waals surface area (Å²) in [5, 5.41) is 9.34. The molecule has 1 unspecified atom stereocenters. The van der Waals surface area contributed by atoms with Crippen LogP contribution in [0.1, 0.15) is 30.4 Å². The summed E-state index contributed by atoms with van der Waals surface area (Å²) in [7, 11) is 0. The average molecular weight is 285 g/mol. The summed E-state index contributed by atoms with van der Waals surface area (Å²) < 4.78 is 5.05. The molecular formula is C17H19NO3. The van der Waals surface area contributed by atoms with Gasteiger partial charge in [-0.15, -0.1) is 0 Å². The van der Waals surface area contributed by atoms with E-state index in [1.54, 1.807) is 31.5 Å². The zero-order valence-corrected chi connectivity index (χ0v) is 12.0. The van der Waals surface area contributed by atoms with E-state index in [-0.39, 0.29) is 17.6 Å². The first kappa shape index (κ1) is 15.0. The number of carbonyl (C=O) groups excluding carboxylic acids is 1. The molecule has 0 radical (unpaired) electrons. The smallest absolute Gasteiger partial charge is 0.306 e. The van der Waals surface area contributed by atoms with Gasteiger partial charge in [0.05, 0.1) is 13.0 Å². The molecule has 2 rings (SSSR count). The van der Waals surface area contributed by atoms with E-state index >= 15 is 0 Å². The van der Waals surface area contributed by atoms with E-state index in [4.69, 9.17) is 4.74 Å². The zero-order valence-electron chi connectivity index (χ0n) is 12.0. The lowest BCUT2D eigenvalue weighted by molar-refractivity contribution is -0.143. The van der Waals surface area contributed by atoms with E-state index in [1.165, 1.54) is 0 Å². The van der Waals surface area contributed by atoms with Crippen molar-refractivity contribution in [1.82, 2.24) is 4.98 Å². The average Bonchev–Trinajstić information content (AvgIpc) is 2.50. The van der Waals surface area contributed by atoms with E-state index in [0.717, 1.165) is 11.1 Å². The van der Waals surface area contributed by atoms with Crippen molar-refractivity contribution in [2.75, 3.05) is 6.61 Å². The largest absolute Gasteiger partial charge is 0.508 e. The Morgan fingerprint density at radius 1 is 1.29 bits per heavy atom. The highest BCUT2D eigenvalue weighted by molar-refractivity contribution is 5.70. The molecule has 0 bridgehead atoms. The standard InChI is InChI=1S/C17H19NO3/c1-2-21-17(20)11-15(14-4-3-9-18-12-14)10-13-5-7-16(19)8-6-13/h3-9,12,15,19H,2,10-11H2,1H3. The number of carbonyl (C=O) groups is 1. The van der Waals surface area contributed by atoms with E-state index in [1.807, 2.05) is 24.3 Å². The highest BCUT2D eigenvalue weighted by Crippen LogP contribution is 2.25. The van der Waals surface area contributed by atoms with E-state index in [2.05, 4.69) is 4.98 Å². The second-order valence-electron chi connectivity index (χ2n) is 4.86. The highest BCUT2D eigenvalue weighted by atomic mass is 16.5. The van der Waals surface area contributed by atoms with E-state index in [0.29, 0.717) is 19.4 Å². The number of phenolic OH excluding ortho intramolecular Hbond substituents is 1. The molecule has 1 aromatic carbocycles. The third-order valence-corrected chi connectivity index (χ3v) is 3.29. The van der Waals surface area contributed by atoms with Crippen LogP contribution in [0, 0.1) is 0 Å². The molecule has 0 saturated heterocycles. The fourth-order valence-corrected chi connectivity index (χ4v) is 2.26. The molecule has 0 saturated carbocycles. The van der Waals surface area contributed by atoms with Gasteiger partial charge < -0.3 is 9.84 Å². The Balaban J connectivity index is 2.15. The number of nitrogens with zero attached hydrogens (tertiary/aromatic N) is 1. The van der Waals surface area contributed by atoms with Gasteiger partial charge in [0.2, 0.25) is 0 Å². The van der Waals surface area contributed by atoms with Crippen molar-refractivity contribution in [2.45, 2.75) is 25.7 Å². The molecule has 0 aliphatic rings. The molecule has 4 heteroatoms. The van der Waals surface area contributed by atoms with Gasteiger partial charge in [-0.2, -0.15) is 0 Å². The molecule has 0 spiro atoms. The number of benzene rings is 1. The van der Waals surface area contributed by atoms with E-state index < -0.39 is 0 Å². The molecule has 1 heterocycles. The summed E-state index contributed by atoms with van der Waals surface area (Å²) in [5.41, 5.74) is 2.07. The van der Waals surface area contributed by atoms with Gasteiger partial charge in [0.1, 0.15) is 5.75 Å². The van der Waals surface area contributed by atoms with Crippen LogP contribution < -0.4 is 0 Å². The van der Waals surface area contributed by atoms with Crippen molar-refractivity contribution in [3.8, 4) is 5.75 Å². The van der Waals surface area contributed by atoms with Crippen LogP contribution in [0.2, 0.25) is 0 Å². The van der Waals surface area contributed by atoms with Crippen LogP contribution in [0.25, 0.3) is 0 Å². The van der Waals surface area contributed by atoms with Crippen molar-refractivity contribution in [3.63, 3.8) is 0 Å².